The quantitative estimate of drug-likeness (QED) is 0.862. The Balaban J connectivity index is 2.09. The maximum atomic E-state index is 11.8. The zero-order valence-electron chi connectivity index (χ0n) is 12.2. The maximum Gasteiger partial charge on any atom is 0.240 e. The topological polar surface area (TPSA) is 58.2 Å². The summed E-state index contributed by atoms with van der Waals surface area (Å²) in [5, 5.41) is 3.40. The van der Waals surface area contributed by atoms with Crippen LogP contribution in [-0.4, -0.2) is 15.5 Å². The van der Waals surface area contributed by atoms with Crippen LogP contribution in [0.15, 0.2) is 59.5 Å². The monoisotopic (exact) mass is 304 g/mol. The van der Waals surface area contributed by atoms with Crippen molar-refractivity contribution in [2.24, 2.45) is 0 Å². The van der Waals surface area contributed by atoms with E-state index in [0.29, 0.717) is 0 Å². The van der Waals surface area contributed by atoms with Crippen LogP contribution in [0.25, 0.3) is 0 Å². The van der Waals surface area contributed by atoms with Crippen LogP contribution in [0.3, 0.4) is 0 Å². The van der Waals surface area contributed by atoms with Crippen molar-refractivity contribution in [2.75, 3.05) is 7.05 Å². The molecular formula is C16H20N2O2S. The van der Waals surface area contributed by atoms with Crippen molar-refractivity contribution in [3.05, 3.63) is 65.7 Å². The smallest absolute Gasteiger partial charge is 0.240 e. The molecule has 2 N–H and O–H groups in total. The third-order valence-corrected chi connectivity index (χ3v) is 4.80. The summed E-state index contributed by atoms with van der Waals surface area (Å²) in [5.74, 6) is 0. The maximum absolute atomic E-state index is 11.8. The SMILES string of the molecule is CNS(=O)(=O)c1cccc([C@H](C)NCc2ccccc2)c1. The van der Waals surface area contributed by atoms with Crippen LogP contribution in [0.5, 0.6) is 0 Å². The lowest BCUT2D eigenvalue weighted by Gasteiger charge is -2.15. The third-order valence-electron chi connectivity index (χ3n) is 3.39. The lowest BCUT2D eigenvalue weighted by Crippen LogP contribution is -2.21. The Morgan fingerprint density at radius 3 is 2.43 bits per heavy atom. The van der Waals surface area contributed by atoms with Crippen molar-refractivity contribution >= 4 is 10.0 Å². The number of nitrogens with one attached hydrogen (secondary N) is 2. The van der Waals surface area contributed by atoms with Crippen molar-refractivity contribution in [1.82, 2.24) is 10.0 Å². The predicted octanol–water partition coefficient (Wildman–Crippen LogP) is 2.45. The van der Waals surface area contributed by atoms with E-state index < -0.39 is 10.0 Å². The van der Waals surface area contributed by atoms with Crippen LogP contribution < -0.4 is 10.0 Å². The van der Waals surface area contributed by atoms with Crippen LogP contribution in [-0.2, 0) is 16.6 Å². The van der Waals surface area contributed by atoms with Crippen LogP contribution in [0.4, 0.5) is 0 Å². The van der Waals surface area contributed by atoms with Crippen molar-refractivity contribution in [2.45, 2.75) is 24.4 Å². The summed E-state index contributed by atoms with van der Waals surface area (Å²) < 4.78 is 26.0. The van der Waals surface area contributed by atoms with Crippen molar-refractivity contribution in [3.8, 4) is 0 Å². The van der Waals surface area contributed by atoms with Gasteiger partial charge < -0.3 is 5.32 Å². The minimum Gasteiger partial charge on any atom is -0.306 e. The Hall–Kier alpha value is -1.69. The second-order valence-corrected chi connectivity index (χ2v) is 6.75. The lowest BCUT2D eigenvalue weighted by molar-refractivity contribution is 0.571. The molecule has 4 nitrogen and oxygen atoms in total. The molecule has 0 spiro atoms. The van der Waals surface area contributed by atoms with Gasteiger partial charge in [-0.15, -0.1) is 0 Å². The van der Waals surface area contributed by atoms with Gasteiger partial charge in [-0.05, 0) is 37.2 Å². The highest BCUT2D eigenvalue weighted by Gasteiger charge is 2.13. The first kappa shape index (κ1) is 15.7. The number of hydrogen-bond acceptors (Lipinski definition) is 3. The highest BCUT2D eigenvalue weighted by Crippen LogP contribution is 2.17. The average Bonchev–Trinajstić information content (AvgIpc) is 2.53. The molecule has 0 saturated carbocycles. The fourth-order valence-electron chi connectivity index (χ4n) is 2.05. The number of benzene rings is 2. The van der Waals surface area contributed by atoms with E-state index in [1.807, 2.05) is 31.2 Å². The molecule has 0 saturated heterocycles. The molecule has 0 unspecified atom stereocenters. The molecule has 5 heteroatoms. The summed E-state index contributed by atoms with van der Waals surface area (Å²) in [4.78, 5) is 0.288. The molecular weight excluding hydrogens is 284 g/mol. The molecule has 0 amide bonds. The standard InChI is InChI=1S/C16H20N2O2S/c1-13(18-12-14-7-4-3-5-8-14)15-9-6-10-16(11-15)21(19,20)17-2/h3-11,13,17-18H,12H2,1-2H3/t13-/m0/s1. The molecule has 0 aliphatic rings. The van der Waals surface area contributed by atoms with Crippen LogP contribution in [0.2, 0.25) is 0 Å². The zero-order chi connectivity index (χ0) is 15.3. The Bertz CT molecular complexity index is 684. The first-order valence-corrected chi connectivity index (χ1v) is 8.32. The number of hydrogen-bond donors (Lipinski definition) is 2. The van der Waals surface area contributed by atoms with Gasteiger partial charge >= 0.3 is 0 Å². The molecule has 2 aromatic carbocycles. The molecule has 21 heavy (non-hydrogen) atoms. The van der Waals surface area contributed by atoms with E-state index in [1.54, 1.807) is 18.2 Å². The first-order chi connectivity index (χ1) is 10.0. The highest BCUT2D eigenvalue weighted by atomic mass is 32.2. The molecule has 2 rings (SSSR count). The Morgan fingerprint density at radius 2 is 1.76 bits per heavy atom. The average molecular weight is 304 g/mol. The number of rotatable bonds is 6. The van der Waals surface area contributed by atoms with Crippen LogP contribution in [0, 0.1) is 0 Å². The van der Waals surface area contributed by atoms with E-state index in [0.717, 1.165) is 12.1 Å². The Morgan fingerprint density at radius 1 is 1.05 bits per heavy atom. The molecule has 0 aromatic heterocycles. The summed E-state index contributed by atoms with van der Waals surface area (Å²) >= 11 is 0. The van der Waals surface area contributed by atoms with Gasteiger partial charge in [0.1, 0.15) is 0 Å². The Kier molecular flexibility index (Phi) is 5.12. The molecule has 0 fully saturated rings. The molecule has 1 atom stereocenters. The van der Waals surface area contributed by atoms with Gasteiger partial charge in [-0.1, -0.05) is 42.5 Å². The lowest BCUT2D eigenvalue weighted by atomic mass is 10.1. The van der Waals surface area contributed by atoms with Crippen molar-refractivity contribution < 1.29 is 8.42 Å². The van der Waals surface area contributed by atoms with Gasteiger partial charge in [0.25, 0.3) is 0 Å². The van der Waals surface area contributed by atoms with Crippen LogP contribution in [0.1, 0.15) is 24.1 Å². The van der Waals surface area contributed by atoms with E-state index in [1.165, 1.54) is 12.6 Å². The highest BCUT2D eigenvalue weighted by molar-refractivity contribution is 7.89. The third kappa shape index (κ3) is 4.14. The predicted molar refractivity (Wildman–Crippen MR) is 84.4 cm³/mol. The Labute approximate surface area is 126 Å². The molecule has 0 bridgehead atoms. The van der Waals surface area contributed by atoms with Gasteiger partial charge in [0.2, 0.25) is 10.0 Å². The fraction of sp³-hybridized carbons (Fsp3) is 0.250. The minimum atomic E-state index is -3.40. The first-order valence-electron chi connectivity index (χ1n) is 6.84. The number of sulfonamides is 1. The second kappa shape index (κ2) is 6.85. The van der Waals surface area contributed by atoms with Gasteiger partial charge in [0.05, 0.1) is 4.90 Å². The molecule has 0 aliphatic heterocycles. The molecule has 0 radical (unpaired) electrons. The van der Waals surface area contributed by atoms with Gasteiger partial charge in [-0.25, -0.2) is 13.1 Å². The molecule has 0 aliphatic carbocycles. The summed E-state index contributed by atoms with van der Waals surface area (Å²) in [6, 6.07) is 17.2. The van der Waals surface area contributed by atoms with E-state index in [9.17, 15) is 8.42 Å². The minimum absolute atomic E-state index is 0.0669. The van der Waals surface area contributed by atoms with Crippen LogP contribution >= 0.6 is 0 Å². The van der Waals surface area contributed by atoms with E-state index >= 15 is 0 Å². The largest absolute Gasteiger partial charge is 0.306 e. The van der Waals surface area contributed by atoms with Gasteiger partial charge in [-0.3, -0.25) is 0 Å². The molecule has 112 valence electrons. The summed E-state index contributed by atoms with van der Waals surface area (Å²) in [6.07, 6.45) is 0. The van der Waals surface area contributed by atoms with Gasteiger partial charge in [0, 0.05) is 12.6 Å². The fourth-order valence-corrected chi connectivity index (χ4v) is 2.84. The van der Waals surface area contributed by atoms with Crippen molar-refractivity contribution in [3.63, 3.8) is 0 Å². The molecule has 0 heterocycles. The van der Waals surface area contributed by atoms with E-state index in [-0.39, 0.29) is 10.9 Å². The normalized spacial score (nSPS) is 13.0. The summed E-state index contributed by atoms with van der Waals surface area (Å²) in [6.45, 7) is 2.76. The summed E-state index contributed by atoms with van der Waals surface area (Å²) in [7, 11) is -1.98. The van der Waals surface area contributed by atoms with Gasteiger partial charge in [0.15, 0.2) is 0 Å². The van der Waals surface area contributed by atoms with E-state index in [2.05, 4.69) is 22.2 Å². The van der Waals surface area contributed by atoms with Crippen molar-refractivity contribution in [1.29, 1.82) is 0 Å². The summed E-state index contributed by atoms with van der Waals surface area (Å²) in [5.41, 5.74) is 2.14. The molecule has 2 aromatic rings. The van der Waals surface area contributed by atoms with E-state index in [4.69, 9.17) is 0 Å². The zero-order valence-corrected chi connectivity index (χ0v) is 13.0. The second-order valence-electron chi connectivity index (χ2n) is 4.87. The van der Waals surface area contributed by atoms with Gasteiger partial charge in [-0.2, -0.15) is 0 Å².